The lowest BCUT2D eigenvalue weighted by Crippen LogP contribution is -2.29. The summed E-state index contributed by atoms with van der Waals surface area (Å²) in [6.07, 6.45) is 1.10. The Morgan fingerprint density at radius 2 is 1.95 bits per heavy atom. The highest BCUT2D eigenvalue weighted by Gasteiger charge is 2.15. The monoisotopic (exact) mass is 279 g/mol. The summed E-state index contributed by atoms with van der Waals surface area (Å²) in [5.74, 6) is -0.304. The maximum Gasteiger partial charge on any atom is 0.411 e. The van der Waals surface area contributed by atoms with Gasteiger partial charge in [0, 0.05) is 17.9 Å². The second kappa shape index (κ2) is 8.16. The van der Waals surface area contributed by atoms with E-state index >= 15 is 0 Å². The van der Waals surface area contributed by atoms with Crippen molar-refractivity contribution in [3.63, 3.8) is 0 Å². The molecule has 2 amide bonds. The number of anilines is 2. The third-order valence-corrected chi connectivity index (χ3v) is 2.85. The second-order valence-corrected chi connectivity index (χ2v) is 4.41. The molecule has 110 valence electrons. The predicted molar refractivity (Wildman–Crippen MR) is 78.6 cm³/mol. The lowest BCUT2D eigenvalue weighted by Gasteiger charge is -2.14. The zero-order chi connectivity index (χ0) is 15.0. The van der Waals surface area contributed by atoms with Gasteiger partial charge < -0.3 is 15.8 Å². The van der Waals surface area contributed by atoms with Crippen molar-refractivity contribution in [2.24, 2.45) is 11.7 Å². The van der Waals surface area contributed by atoms with Gasteiger partial charge in [0.05, 0.1) is 13.0 Å². The van der Waals surface area contributed by atoms with E-state index in [0.717, 1.165) is 12.8 Å². The van der Waals surface area contributed by atoms with Crippen LogP contribution in [-0.2, 0) is 9.53 Å². The highest BCUT2D eigenvalue weighted by Crippen LogP contribution is 2.17. The van der Waals surface area contributed by atoms with E-state index < -0.39 is 6.09 Å². The highest BCUT2D eigenvalue weighted by atomic mass is 16.5. The third kappa shape index (κ3) is 4.89. The molecule has 0 aliphatic carbocycles. The van der Waals surface area contributed by atoms with E-state index in [1.165, 1.54) is 7.11 Å². The first-order chi connectivity index (χ1) is 9.60. The van der Waals surface area contributed by atoms with Crippen LogP contribution in [-0.4, -0.2) is 25.7 Å². The Bertz CT molecular complexity index is 463. The minimum atomic E-state index is -0.556. The summed E-state index contributed by atoms with van der Waals surface area (Å²) in [5, 5.41) is 5.33. The summed E-state index contributed by atoms with van der Waals surface area (Å²) >= 11 is 0. The van der Waals surface area contributed by atoms with Crippen molar-refractivity contribution in [2.75, 3.05) is 24.3 Å². The Morgan fingerprint density at radius 1 is 1.30 bits per heavy atom. The van der Waals surface area contributed by atoms with Crippen LogP contribution >= 0.6 is 0 Å². The van der Waals surface area contributed by atoms with E-state index in [1.807, 2.05) is 6.92 Å². The van der Waals surface area contributed by atoms with Gasteiger partial charge in [-0.2, -0.15) is 0 Å². The largest absolute Gasteiger partial charge is 0.453 e. The maximum absolute atomic E-state index is 12.0. The Labute approximate surface area is 118 Å². The van der Waals surface area contributed by atoms with Crippen LogP contribution in [0.3, 0.4) is 0 Å². The van der Waals surface area contributed by atoms with E-state index in [1.54, 1.807) is 24.3 Å². The summed E-state index contributed by atoms with van der Waals surface area (Å²) < 4.78 is 4.51. The van der Waals surface area contributed by atoms with E-state index in [-0.39, 0.29) is 11.8 Å². The number of nitrogens with two attached hydrogens (primary N) is 1. The van der Waals surface area contributed by atoms with Gasteiger partial charge in [-0.1, -0.05) is 19.4 Å². The lowest BCUT2D eigenvalue weighted by atomic mass is 10.0. The number of hydrogen-bond donors (Lipinski definition) is 3. The fraction of sp³-hybridized carbons (Fsp3) is 0.429. The van der Waals surface area contributed by atoms with Crippen LogP contribution in [0.5, 0.6) is 0 Å². The second-order valence-electron chi connectivity index (χ2n) is 4.41. The molecule has 6 heteroatoms. The van der Waals surface area contributed by atoms with Crippen molar-refractivity contribution in [3.8, 4) is 0 Å². The number of amides is 2. The van der Waals surface area contributed by atoms with Crippen molar-refractivity contribution in [1.82, 2.24) is 0 Å². The molecule has 0 fully saturated rings. The first-order valence-electron chi connectivity index (χ1n) is 6.56. The van der Waals surface area contributed by atoms with E-state index in [2.05, 4.69) is 15.4 Å². The first kappa shape index (κ1) is 16.0. The van der Waals surface area contributed by atoms with Crippen LogP contribution in [0.4, 0.5) is 16.2 Å². The van der Waals surface area contributed by atoms with Crippen LogP contribution in [0, 0.1) is 5.92 Å². The normalized spacial score (nSPS) is 11.6. The molecule has 0 heterocycles. The van der Waals surface area contributed by atoms with Gasteiger partial charge in [0.2, 0.25) is 5.91 Å². The van der Waals surface area contributed by atoms with Gasteiger partial charge in [-0.05, 0) is 24.6 Å². The van der Waals surface area contributed by atoms with Crippen molar-refractivity contribution in [2.45, 2.75) is 19.8 Å². The molecule has 4 N–H and O–H groups in total. The van der Waals surface area contributed by atoms with E-state index in [0.29, 0.717) is 17.9 Å². The molecule has 0 saturated heterocycles. The Balaban J connectivity index is 2.70. The SMILES string of the molecule is CCCC(CN)C(=O)Nc1cccc(NC(=O)OC)c1. The molecule has 20 heavy (non-hydrogen) atoms. The van der Waals surface area contributed by atoms with Gasteiger partial charge >= 0.3 is 6.09 Å². The smallest absolute Gasteiger partial charge is 0.411 e. The molecular weight excluding hydrogens is 258 g/mol. The van der Waals surface area contributed by atoms with Gasteiger partial charge in [-0.15, -0.1) is 0 Å². The van der Waals surface area contributed by atoms with Gasteiger partial charge in [-0.3, -0.25) is 10.1 Å². The molecule has 0 spiro atoms. The number of rotatable bonds is 6. The van der Waals surface area contributed by atoms with Crippen molar-refractivity contribution < 1.29 is 14.3 Å². The number of carbonyl (C=O) groups excluding carboxylic acids is 2. The lowest BCUT2D eigenvalue weighted by molar-refractivity contribution is -0.119. The molecule has 1 rings (SSSR count). The van der Waals surface area contributed by atoms with Gasteiger partial charge in [-0.25, -0.2) is 4.79 Å². The minimum Gasteiger partial charge on any atom is -0.453 e. The third-order valence-electron chi connectivity index (χ3n) is 2.85. The van der Waals surface area contributed by atoms with Crippen LogP contribution in [0.1, 0.15) is 19.8 Å². The molecule has 0 bridgehead atoms. The Hall–Kier alpha value is -2.08. The summed E-state index contributed by atoms with van der Waals surface area (Å²) in [6, 6.07) is 6.85. The summed E-state index contributed by atoms with van der Waals surface area (Å²) in [5.41, 5.74) is 6.75. The van der Waals surface area contributed by atoms with Crippen LogP contribution in [0.25, 0.3) is 0 Å². The summed E-state index contributed by atoms with van der Waals surface area (Å²) in [4.78, 5) is 23.1. The fourth-order valence-electron chi connectivity index (χ4n) is 1.79. The van der Waals surface area contributed by atoms with E-state index in [9.17, 15) is 9.59 Å². The quantitative estimate of drug-likeness (QED) is 0.744. The standard InChI is InChI=1S/C14H21N3O3/c1-3-5-10(9-15)13(18)16-11-6-4-7-12(8-11)17-14(19)20-2/h4,6-8,10H,3,5,9,15H2,1-2H3,(H,16,18)(H,17,19). The molecule has 1 unspecified atom stereocenters. The molecule has 6 nitrogen and oxygen atoms in total. The number of carbonyl (C=O) groups is 2. The molecule has 0 radical (unpaired) electrons. The average Bonchev–Trinajstić information content (AvgIpc) is 2.44. The van der Waals surface area contributed by atoms with Crippen LogP contribution in [0.15, 0.2) is 24.3 Å². The van der Waals surface area contributed by atoms with Crippen LogP contribution in [0.2, 0.25) is 0 Å². The van der Waals surface area contributed by atoms with E-state index in [4.69, 9.17) is 5.73 Å². The molecule has 0 aliphatic rings. The molecule has 1 atom stereocenters. The maximum atomic E-state index is 12.0. The summed E-state index contributed by atoms with van der Waals surface area (Å²) in [7, 11) is 1.29. The Kier molecular flexibility index (Phi) is 6.52. The number of ether oxygens (including phenoxy) is 1. The molecule has 1 aromatic carbocycles. The topological polar surface area (TPSA) is 93.5 Å². The van der Waals surface area contributed by atoms with Crippen molar-refractivity contribution in [3.05, 3.63) is 24.3 Å². The minimum absolute atomic E-state index is 0.107. The number of methoxy groups -OCH3 is 1. The Morgan fingerprint density at radius 3 is 2.50 bits per heavy atom. The number of benzene rings is 1. The van der Waals surface area contributed by atoms with Gasteiger partial charge in [0.25, 0.3) is 0 Å². The predicted octanol–water partition coefficient (Wildman–Crippen LogP) is 2.18. The first-order valence-corrected chi connectivity index (χ1v) is 6.56. The zero-order valence-corrected chi connectivity index (χ0v) is 11.8. The van der Waals surface area contributed by atoms with Gasteiger partial charge in [0.1, 0.15) is 0 Å². The van der Waals surface area contributed by atoms with Crippen LogP contribution < -0.4 is 16.4 Å². The molecular formula is C14H21N3O3. The molecule has 0 aromatic heterocycles. The zero-order valence-electron chi connectivity index (χ0n) is 11.8. The molecule has 0 saturated carbocycles. The van der Waals surface area contributed by atoms with Crippen molar-refractivity contribution in [1.29, 1.82) is 0 Å². The summed E-state index contributed by atoms with van der Waals surface area (Å²) in [6.45, 7) is 2.33. The van der Waals surface area contributed by atoms with Gasteiger partial charge in [0.15, 0.2) is 0 Å². The molecule has 0 aliphatic heterocycles. The average molecular weight is 279 g/mol. The number of nitrogens with one attached hydrogen (secondary N) is 2. The molecule has 1 aromatic rings. The number of hydrogen-bond acceptors (Lipinski definition) is 4. The highest BCUT2D eigenvalue weighted by molar-refractivity contribution is 5.94. The van der Waals surface area contributed by atoms with Crippen molar-refractivity contribution >= 4 is 23.4 Å². The fourth-order valence-corrected chi connectivity index (χ4v) is 1.79.